The number of nitrogens with one attached hydrogen (secondary N) is 1. The second-order valence-corrected chi connectivity index (χ2v) is 9.03. The van der Waals surface area contributed by atoms with Gasteiger partial charge >= 0.3 is 6.03 Å². The molecule has 4 rings (SSSR count). The number of nitrogen functional groups attached to an aromatic ring is 1. The van der Waals surface area contributed by atoms with E-state index in [0.29, 0.717) is 11.3 Å². The van der Waals surface area contributed by atoms with Gasteiger partial charge < -0.3 is 16.0 Å². The number of nitrogens with zero attached hydrogens (tertiary/aromatic N) is 5. The monoisotopic (exact) mass is 529 g/mol. The molecule has 1 fully saturated rings. The van der Waals surface area contributed by atoms with Crippen LogP contribution in [0.1, 0.15) is 30.5 Å². The van der Waals surface area contributed by atoms with Gasteiger partial charge in [-0.05, 0) is 48.2 Å². The Hall–Kier alpha value is -4.42. The maximum atomic E-state index is 13.8. The Balaban J connectivity index is 1.61. The lowest BCUT2D eigenvalue weighted by Gasteiger charge is -2.46. The molecule has 0 aliphatic carbocycles. The lowest BCUT2D eigenvalue weighted by Crippen LogP contribution is -2.70. The molecule has 1 saturated heterocycles. The summed E-state index contributed by atoms with van der Waals surface area (Å²) in [4.78, 5) is 46.0. The molecule has 0 bridgehead atoms. The number of likely N-dealkylation sites (tertiary alicyclic amines) is 1. The average Bonchev–Trinajstić information content (AvgIpc) is 3.32. The number of aromatic nitrogens is 3. The number of urea groups is 1. The summed E-state index contributed by atoms with van der Waals surface area (Å²) in [5, 5.41) is 6.59. The van der Waals surface area contributed by atoms with Crippen LogP contribution in [0.3, 0.4) is 0 Å². The first-order valence-electron chi connectivity index (χ1n) is 11.8. The van der Waals surface area contributed by atoms with Gasteiger partial charge in [0.2, 0.25) is 5.91 Å². The number of hydrogen-bond donors (Lipinski definition) is 2. The highest BCUT2D eigenvalue weighted by molar-refractivity contribution is 6.12. The summed E-state index contributed by atoms with van der Waals surface area (Å²) in [6, 6.07) is 1.74. The van der Waals surface area contributed by atoms with Crippen molar-refractivity contribution in [3.8, 4) is 0 Å². The third kappa shape index (κ3) is 5.04. The van der Waals surface area contributed by atoms with Crippen molar-refractivity contribution >= 4 is 29.4 Å². The van der Waals surface area contributed by atoms with Crippen LogP contribution in [0.15, 0.2) is 42.9 Å². The smallest absolute Gasteiger partial charge is 0.325 e. The number of hydrogen-bond acceptors (Lipinski definition) is 6. The van der Waals surface area contributed by atoms with Crippen molar-refractivity contribution in [2.24, 2.45) is 13.0 Å². The van der Waals surface area contributed by atoms with Crippen molar-refractivity contribution in [1.82, 2.24) is 25.0 Å². The maximum absolute atomic E-state index is 13.8. The largest absolute Gasteiger partial charge is 0.384 e. The molecule has 3 atom stereocenters. The lowest BCUT2D eigenvalue weighted by molar-refractivity contribution is -0.156. The van der Waals surface area contributed by atoms with E-state index in [1.165, 1.54) is 29.0 Å². The Morgan fingerprint density at radius 1 is 1.21 bits per heavy atom. The fraction of sp³-hybridized carbons (Fsp3) is 0.320. The number of amides is 4. The summed E-state index contributed by atoms with van der Waals surface area (Å²) >= 11 is 0. The molecular weight excluding hydrogens is 503 g/mol. The first kappa shape index (κ1) is 26.6. The Kier molecular flexibility index (Phi) is 7.37. The van der Waals surface area contributed by atoms with Gasteiger partial charge in [-0.15, -0.1) is 0 Å². The van der Waals surface area contributed by atoms with E-state index in [-0.39, 0.29) is 24.2 Å². The van der Waals surface area contributed by atoms with Gasteiger partial charge in [-0.2, -0.15) is 5.10 Å². The number of imide groups is 1. The highest BCUT2D eigenvalue weighted by atomic mass is 19.2. The highest BCUT2D eigenvalue weighted by Gasteiger charge is 2.55. The lowest BCUT2D eigenvalue weighted by atomic mass is 9.81. The quantitative estimate of drug-likeness (QED) is 0.358. The fourth-order valence-corrected chi connectivity index (χ4v) is 4.45. The van der Waals surface area contributed by atoms with Crippen LogP contribution in [0.25, 0.3) is 0 Å². The van der Waals surface area contributed by atoms with Crippen LogP contribution in [0.4, 0.5) is 29.5 Å². The van der Waals surface area contributed by atoms with Gasteiger partial charge in [0.05, 0.1) is 23.8 Å². The number of nitrogens with two attached hydrogens (primary N) is 1. The number of carbonyl (C=O) groups is 3. The number of β-lactam (4-membered cyclic amide) rings is 1. The van der Waals surface area contributed by atoms with Crippen molar-refractivity contribution in [3.05, 3.63) is 71.4 Å². The highest BCUT2D eigenvalue weighted by Crippen LogP contribution is 2.33. The van der Waals surface area contributed by atoms with Gasteiger partial charge in [0, 0.05) is 26.5 Å². The van der Waals surface area contributed by atoms with Crippen molar-refractivity contribution in [2.45, 2.75) is 31.8 Å². The van der Waals surface area contributed by atoms with Gasteiger partial charge in [-0.3, -0.25) is 19.2 Å². The second-order valence-electron chi connectivity index (χ2n) is 9.03. The van der Waals surface area contributed by atoms with E-state index in [2.05, 4.69) is 15.4 Å². The van der Waals surface area contributed by atoms with Crippen LogP contribution < -0.4 is 16.0 Å². The third-order valence-corrected chi connectivity index (χ3v) is 6.51. The zero-order chi connectivity index (χ0) is 27.7. The van der Waals surface area contributed by atoms with E-state index in [0.717, 1.165) is 17.0 Å². The number of anilines is 2. The Bertz CT molecular complexity index is 1370. The summed E-state index contributed by atoms with van der Waals surface area (Å²) in [5.74, 6) is -6.23. The average molecular weight is 530 g/mol. The molecule has 3 aromatic rings. The van der Waals surface area contributed by atoms with Crippen molar-refractivity contribution in [1.29, 1.82) is 0 Å². The zero-order valence-corrected chi connectivity index (χ0v) is 20.9. The number of rotatable bonds is 7. The molecule has 4 amide bonds. The predicted molar refractivity (Wildman–Crippen MR) is 131 cm³/mol. The maximum Gasteiger partial charge on any atom is 0.325 e. The molecule has 200 valence electrons. The minimum absolute atomic E-state index is 0.0237. The molecule has 1 aliphatic heterocycles. The normalized spacial score (nSPS) is 17.6. The standard InChI is InChI=1S/C25H26F3N7O3/c1-4-19(14-9-17(26)21(28)18(27)10-14)32-25(38)35-22(24(37)34(3)15-11-31-33(2)12-15)16(23(35)36)7-13-5-6-30-20(29)8-13/h5-6,8-12,16,19,22H,4,7H2,1-3H3,(H2,29,30)(H,32,38)/t16-,19-,22+/m1/s1. The Morgan fingerprint density at radius 3 is 2.47 bits per heavy atom. The van der Waals surface area contributed by atoms with E-state index >= 15 is 0 Å². The molecule has 2 aromatic heterocycles. The molecule has 3 N–H and O–H groups in total. The molecule has 1 aromatic carbocycles. The van der Waals surface area contributed by atoms with Crippen LogP contribution in [-0.4, -0.2) is 50.6 Å². The van der Waals surface area contributed by atoms with Crippen molar-refractivity contribution < 1.29 is 27.6 Å². The fourth-order valence-electron chi connectivity index (χ4n) is 4.45. The molecule has 1 aliphatic rings. The predicted octanol–water partition coefficient (Wildman–Crippen LogP) is 2.71. The van der Waals surface area contributed by atoms with Gasteiger partial charge in [-0.1, -0.05) is 6.92 Å². The first-order chi connectivity index (χ1) is 18.0. The van der Waals surface area contributed by atoms with E-state index in [9.17, 15) is 27.6 Å². The summed E-state index contributed by atoms with van der Waals surface area (Å²) < 4.78 is 42.6. The summed E-state index contributed by atoms with van der Waals surface area (Å²) in [6.07, 6.45) is 4.84. The number of pyridine rings is 1. The van der Waals surface area contributed by atoms with Crippen LogP contribution in [0.5, 0.6) is 0 Å². The van der Waals surface area contributed by atoms with Crippen LogP contribution in [0, 0.1) is 23.4 Å². The first-order valence-corrected chi connectivity index (χ1v) is 11.8. The molecule has 10 nitrogen and oxygen atoms in total. The van der Waals surface area contributed by atoms with Crippen molar-refractivity contribution in [3.63, 3.8) is 0 Å². The Labute approximate surface area is 216 Å². The molecule has 0 spiro atoms. The Morgan fingerprint density at radius 2 is 1.89 bits per heavy atom. The molecule has 13 heteroatoms. The van der Waals surface area contributed by atoms with Gasteiger partial charge in [0.25, 0.3) is 5.91 Å². The summed E-state index contributed by atoms with van der Waals surface area (Å²) in [6.45, 7) is 1.64. The molecule has 38 heavy (non-hydrogen) atoms. The molecular formula is C25H26F3N7O3. The van der Waals surface area contributed by atoms with E-state index in [4.69, 9.17) is 5.73 Å². The van der Waals surface area contributed by atoms with E-state index in [1.54, 1.807) is 32.3 Å². The minimum atomic E-state index is -1.63. The topological polar surface area (TPSA) is 126 Å². The summed E-state index contributed by atoms with van der Waals surface area (Å²) in [7, 11) is 3.18. The zero-order valence-electron chi connectivity index (χ0n) is 20.9. The molecule has 0 unspecified atom stereocenters. The van der Waals surface area contributed by atoms with E-state index < -0.39 is 53.3 Å². The summed E-state index contributed by atoms with van der Waals surface area (Å²) in [5.41, 5.74) is 6.83. The van der Waals surface area contributed by atoms with Crippen LogP contribution in [0.2, 0.25) is 0 Å². The SMILES string of the molecule is CC[C@@H](NC(=O)N1C(=O)[C@H](Cc2ccnc(N)c2)[C@H]1C(=O)N(C)c1cnn(C)c1)c1cc(F)c(F)c(F)c1. The molecule has 0 saturated carbocycles. The van der Waals surface area contributed by atoms with Gasteiger partial charge in [-0.25, -0.2) is 22.9 Å². The second kappa shape index (κ2) is 10.5. The number of benzene rings is 1. The number of carbonyl (C=O) groups excluding carboxylic acids is 3. The number of halogens is 3. The van der Waals surface area contributed by atoms with Crippen LogP contribution >= 0.6 is 0 Å². The van der Waals surface area contributed by atoms with Gasteiger partial charge in [0.15, 0.2) is 17.5 Å². The molecule has 0 radical (unpaired) electrons. The minimum Gasteiger partial charge on any atom is -0.384 e. The molecule has 3 heterocycles. The number of aryl methyl sites for hydroxylation is 1. The van der Waals surface area contributed by atoms with Crippen molar-refractivity contribution in [2.75, 3.05) is 17.7 Å². The third-order valence-electron chi connectivity index (χ3n) is 6.51. The van der Waals surface area contributed by atoms with Gasteiger partial charge in [0.1, 0.15) is 11.9 Å². The number of likely N-dealkylation sites (N-methyl/N-ethyl adjacent to an activating group) is 1. The van der Waals surface area contributed by atoms with E-state index in [1.807, 2.05) is 0 Å². The van der Waals surface area contributed by atoms with Crippen LogP contribution in [-0.2, 0) is 23.1 Å².